The first-order valence-corrected chi connectivity index (χ1v) is 10.2. The zero-order valence-electron chi connectivity index (χ0n) is 15.3. The maximum Gasteiger partial charge on any atom is 0.255 e. The van der Waals surface area contributed by atoms with E-state index in [2.05, 4.69) is 40.2 Å². The SMILES string of the molecule is Nc1ccc(-c2nc3c(c(=O)[nH]2)CN(Cc2cc4ccccc4s2)CC3)cc1. The van der Waals surface area contributed by atoms with Gasteiger partial charge < -0.3 is 10.7 Å². The monoisotopic (exact) mass is 388 g/mol. The van der Waals surface area contributed by atoms with Crippen molar-refractivity contribution in [3.8, 4) is 11.4 Å². The summed E-state index contributed by atoms with van der Waals surface area (Å²) in [5.74, 6) is 0.613. The third kappa shape index (κ3) is 3.21. The highest BCUT2D eigenvalue weighted by Gasteiger charge is 2.22. The van der Waals surface area contributed by atoms with Crippen LogP contribution in [0.1, 0.15) is 16.1 Å². The van der Waals surface area contributed by atoms with Crippen molar-refractivity contribution < 1.29 is 0 Å². The van der Waals surface area contributed by atoms with Gasteiger partial charge in [0.05, 0.1) is 11.3 Å². The minimum Gasteiger partial charge on any atom is -0.399 e. The highest BCUT2D eigenvalue weighted by atomic mass is 32.1. The van der Waals surface area contributed by atoms with Crippen LogP contribution in [0.3, 0.4) is 0 Å². The Balaban J connectivity index is 1.39. The Morgan fingerprint density at radius 1 is 1.14 bits per heavy atom. The van der Waals surface area contributed by atoms with E-state index in [1.54, 1.807) is 0 Å². The van der Waals surface area contributed by atoms with E-state index >= 15 is 0 Å². The lowest BCUT2D eigenvalue weighted by molar-refractivity contribution is 0.244. The van der Waals surface area contributed by atoms with Crippen LogP contribution in [-0.2, 0) is 19.5 Å². The molecule has 0 aliphatic carbocycles. The molecule has 28 heavy (non-hydrogen) atoms. The van der Waals surface area contributed by atoms with Crippen LogP contribution in [0.25, 0.3) is 21.5 Å². The van der Waals surface area contributed by atoms with Gasteiger partial charge in [-0.15, -0.1) is 11.3 Å². The molecule has 1 aliphatic rings. The number of nitrogens with one attached hydrogen (secondary N) is 1. The smallest absolute Gasteiger partial charge is 0.255 e. The summed E-state index contributed by atoms with van der Waals surface area (Å²) in [5, 5.41) is 1.28. The fourth-order valence-corrected chi connectivity index (χ4v) is 4.84. The molecule has 0 bridgehead atoms. The molecule has 0 saturated carbocycles. The molecule has 4 aromatic rings. The Morgan fingerprint density at radius 3 is 2.79 bits per heavy atom. The Kier molecular flexibility index (Phi) is 4.22. The summed E-state index contributed by atoms with van der Waals surface area (Å²) in [5.41, 5.74) is 8.97. The van der Waals surface area contributed by atoms with Gasteiger partial charge in [0.2, 0.25) is 0 Å². The number of aromatic amines is 1. The molecule has 3 heterocycles. The van der Waals surface area contributed by atoms with Crippen LogP contribution in [0.2, 0.25) is 0 Å². The highest BCUT2D eigenvalue weighted by molar-refractivity contribution is 7.19. The average Bonchev–Trinajstić information content (AvgIpc) is 3.11. The molecule has 1 aliphatic heterocycles. The number of fused-ring (bicyclic) bond motifs is 2. The number of aromatic nitrogens is 2. The van der Waals surface area contributed by atoms with Gasteiger partial charge >= 0.3 is 0 Å². The summed E-state index contributed by atoms with van der Waals surface area (Å²) >= 11 is 1.82. The summed E-state index contributed by atoms with van der Waals surface area (Å²) in [6.07, 6.45) is 0.784. The second-order valence-electron chi connectivity index (χ2n) is 7.17. The molecule has 5 nitrogen and oxygen atoms in total. The number of nitrogen functional groups attached to an aromatic ring is 1. The maximum absolute atomic E-state index is 12.7. The first kappa shape index (κ1) is 17.2. The number of nitrogens with zero attached hydrogens (tertiary/aromatic N) is 2. The van der Waals surface area contributed by atoms with Crippen molar-refractivity contribution in [2.24, 2.45) is 0 Å². The molecule has 0 spiro atoms. The van der Waals surface area contributed by atoms with Crippen molar-refractivity contribution >= 4 is 27.1 Å². The standard InChI is InChI=1S/C22H20N4OS/c23-16-7-5-14(6-8-16)21-24-19-9-10-26(13-18(19)22(27)25-21)12-17-11-15-3-1-2-4-20(15)28-17/h1-8,11H,9-10,12-13,23H2,(H,24,25,27). The van der Waals surface area contributed by atoms with E-state index in [1.807, 2.05) is 35.6 Å². The van der Waals surface area contributed by atoms with Crippen LogP contribution in [0.4, 0.5) is 5.69 Å². The van der Waals surface area contributed by atoms with Gasteiger partial charge in [-0.2, -0.15) is 0 Å². The zero-order valence-corrected chi connectivity index (χ0v) is 16.1. The van der Waals surface area contributed by atoms with Gasteiger partial charge in [0.25, 0.3) is 5.56 Å². The van der Waals surface area contributed by atoms with Crippen molar-refractivity contribution in [3.05, 3.63) is 81.1 Å². The molecule has 3 N–H and O–H groups in total. The van der Waals surface area contributed by atoms with Crippen LogP contribution >= 0.6 is 11.3 Å². The van der Waals surface area contributed by atoms with E-state index in [4.69, 9.17) is 10.7 Å². The normalized spacial score (nSPS) is 14.3. The van der Waals surface area contributed by atoms with Crippen molar-refractivity contribution in [1.82, 2.24) is 14.9 Å². The van der Waals surface area contributed by atoms with Gasteiger partial charge in [-0.05, 0) is 41.8 Å². The van der Waals surface area contributed by atoms with Gasteiger partial charge in [0.1, 0.15) is 5.82 Å². The highest BCUT2D eigenvalue weighted by Crippen LogP contribution is 2.28. The van der Waals surface area contributed by atoms with Crippen molar-refractivity contribution in [2.45, 2.75) is 19.5 Å². The van der Waals surface area contributed by atoms with E-state index < -0.39 is 0 Å². The third-order valence-electron chi connectivity index (χ3n) is 5.19. The molecular formula is C22H20N4OS. The molecule has 0 fully saturated rings. The predicted octanol–water partition coefficient (Wildman–Crippen LogP) is 3.79. The molecule has 6 heteroatoms. The van der Waals surface area contributed by atoms with Gasteiger partial charge in [-0.3, -0.25) is 9.69 Å². The number of hydrogen-bond donors (Lipinski definition) is 2. The van der Waals surface area contributed by atoms with Crippen LogP contribution in [0, 0.1) is 0 Å². The number of H-pyrrole nitrogens is 1. The molecule has 0 atom stereocenters. The van der Waals surface area contributed by atoms with Crippen molar-refractivity contribution in [1.29, 1.82) is 0 Å². The Hall–Kier alpha value is -2.96. The second-order valence-corrected chi connectivity index (χ2v) is 8.34. The quantitative estimate of drug-likeness (QED) is 0.524. The van der Waals surface area contributed by atoms with Gasteiger partial charge in [0.15, 0.2) is 0 Å². The molecule has 0 radical (unpaired) electrons. The zero-order chi connectivity index (χ0) is 19.1. The first-order chi connectivity index (χ1) is 13.7. The molecule has 2 aromatic carbocycles. The second kappa shape index (κ2) is 6.89. The van der Waals surface area contributed by atoms with E-state index in [-0.39, 0.29) is 5.56 Å². The summed E-state index contributed by atoms with van der Waals surface area (Å²) in [4.78, 5) is 24.0. The summed E-state index contributed by atoms with van der Waals surface area (Å²) in [6, 6.07) is 18.1. The van der Waals surface area contributed by atoms with Crippen LogP contribution < -0.4 is 11.3 Å². The van der Waals surface area contributed by atoms with Crippen molar-refractivity contribution in [2.75, 3.05) is 12.3 Å². The van der Waals surface area contributed by atoms with E-state index in [9.17, 15) is 4.79 Å². The number of benzene rings is 2. The summed E-state index contributed by atoms with van der Waals surface area (Å²) < 4.78 is 1.31. The molecule has 0 unspecified atom stereocenters. The van der Waals surface area contributed by atoms with Gasteiger partial charge in [0, 0.05) is 46.9 Å². The molecule has 140 valence electrons. The predicted molar refractivity (Wildman–Crippen MR) is 114 cm³/mol. The first-order valence-electron chi connectivity index (χ1n) is 9.33. The number of nitrogens with two attached hydrogens (primary N) is 1. The minimum atomic E-state index is -0.0436. The fourth-order valence-electron chi connectivity index (χ4n) is 3.73. The maximum atomic E-state index is 12.7. The van der Waals surface area contributed by atoms with E-state index in [1.165, 1.54) is 15.0 Å². The number of anilines is 1. The van der Waals surface area contributed by atoms with Crippen molar-refractivity contribution in [3.63, 3.8) is 0 Å². The van der Waals surface area contributed by atoms with E-state index in [0.717, 1.165) is 36.3 Å². The lowest BCUT2D eigenvalue weighted by atomic mass is 10.1. The largest absolute Gasteiger partial charge is 0.399 e. The van der Waals surface area contributed by atoms with Crippen LogP contribution in [0.15, 0.2) is 59.4 Å². The molecular weight excluding hydrogens is 368 g/mol. The molecule has 2 aromatic heterocycles. The van der Waals surface area contributed by atoms with E-state index in [0.29, 0.717) is 18.1 Å². The summed E-state index contributed by atoms with van der Waals surface area (Å²) in [7, 11) is 0. The Labute approximate surface area is 166 Å². The minimum absolute atomic E-state index is 0.0436. The Bertz CT molecular complexity index is 1180. The number of thiophene rings is 1. The fraction of sp³-hybridized carbons (Fsp3) is 0.182. The molecule has 0 amide bonds. The lowest BCUT2D eigenvalue weighted by Crippen LogP contribution is -2.35. The topological polar surface area (TPSA) is 75.0 Å². The third-order valence-corrected chi connectivity index (χ3v) is 6.29. The Morgan fingerprint density at radius 2 is 1.96 bits per heavy atom. The average molecular weight is 388 g/mol. The molecule has 0 saturated heterocycles. The van der Waals surface area contributed by atoms with Gasteiger partial charge in [-0.1, -0.05) is 18.2 Å². The van der Waals surface area contributed by atoms with Gasteiger partial charge in [-0.25, -0.2) is 4.98 Å². The summed E-state index contributed by atoms with van der Waals surface area (Å²) in [6.45, 7) is 2.39. The lowest BCUT2D eigenvalue weighted by Gasteiger charge is -2.27. The van der Waals surface area contributed by atoms with Crippen LogP contribution in [0.5, 0.6) is 0 Å². The number of hydrogen-bond acceptors (Lipinski definition) is 5. The number of rotatable bonds is 3. The van der Waals surface area contributed by atoms with Crippen LogP contribution in [-0.4, -0.2) is 21.4 Å². The molecule has 5 rings (SSSR count).